The SMILES string of the molecule is CCCNC(CCn1ccnc1C)C(=O)OC. The molecule has 1 aromatic heterocycles. The van der Waals surface area contributed by atoms with Crippen LogP contribution in [-0.2, 0) is 16.1 Å². The van der Waals surface area contributed by atoms with Crippen molar-refractivity contribution in [1.82, 2.24) is 14.9 Å². The number of nitrogens with zero attached hydrogens (tertiary/aromatic N) is 2. The van der Waals surface area contributed by atoms with Crippen LogP contribution in [0.3, 0.4) is 0 Å². The van der Waals surface area contributed by atoms with Crippen molar-refractivity contribution in [3.63, 3.8) is 0 Å². The average molecular weight is 239 g/mol. The van der Waals surface area contributed by atoms with Gasteiger partial charge in [0.2, 0.25) is 0 Å². The van der Waals surface area contributed by atoms with Crippen LogP contribution >= 0.6 is 0 Å². The lowest BCUT2D eigenvalue weighted by Gasteiger charge is -2.16. The van der Waals surface area contributed by atoms with Crippen molar-refractivity contribution < 1.29 is 9.53 Å². The molecule has 1 rings (SSSR count). The van der Waals surface area contributed by atoms with Gasteiger partial charge in [0.05, 0.1) is 7.11 Å². The topological polar surface area (TPSA) is 56.2 Å². The number of carbonyl (C=O) groups is 1. The van der Waals surface area contributed by atoms with Crippen LogP contribution < -0.4 is 5.32 Å². The van der Waals surface area contributed by atoms with Crippen molar-refractivity contribution in [3.05, 3.63) is 18.2 Å². The summed E-state index contributed by atoms with van der Waals surface area (Å²) in [5, 5.41) is 3.19. The minimum atomic E-state index is -0.234. The Balaban J connectivity index is 2.48. The smallest absolute Gasteiger partial charge is 0.322 e. The monoisotopic (exact) mass is 239 g/mol. The Morgan fingerprint density at radius 3 is 2.94 bits per heavy atom. The van der Waals surface area contributed by atoms with Crippen LogP contribution in [0.15, 0.2) is 12.4 Å². The fourth-order valence-electron chi connectivity index (χ4n) is 1.67. The van der Waals surface area contributed by atoms with E-state index in [1.165, 1.54) is 7.11 Å². The number of aromatic nitrogens is 2. The van der Waals surface area contributed by atoms with Crippen molar-refractivity contribution in [3.8, 4) is 0 Å². The van der Waals surface area contributed by atoms with Crippen molar-refractivity contribution >= 4 is 5.97 Å². The summed E-state index contributed by atoms with van der Waals surface area (Å²) in [6.45, 7) is 5.61. The van der Waals surface area contributed by atoms with Gasteiger partial charge in [0.25, 0.3) is 0 Å². The molecule has 0 spiro atoms. The summed E-state index contributed by atoms with van der Waals surface area (Å²) in [5.41, 5.74) is 0. The van der Waals surface area contributed by atoms with E-state index in [0.29, 0.717) is 6.42 Å². The van der Waals surface area contributed by atoms with Gasteiger partial charge in [0, 0.05) is 18.9 Å². The lowest BCUT2D eigenvalue weighted by atomic mass is 10.2. The Kier molecular flexibility index (Phi) is 5.69. The Morgan fingerprint density at radius 1 is 1.65 bits per heavy atom. The van der Waals surface area contributed by atoms with E-state index in [-0.39, 0.29) is 12.0 Å². The standard InChI is InChI=1S/C12H21N3O2/c1-4-6-14-11(12(16)17-3)5-8-15-9-7-13-10(15)2/h7,9,11,14H,4-6,8H2,1-3H3. The predicted octanol–water partition coefficient (Wildman–Crippen LogP) is 1.12. The van der Waals surface area contributed by atoms with Gasteiger partial charge in [-0.05, 0) is 26.3 Å². The van der Waals surface area contributed by atoms with Gasteiger partial charge in [-0.15, -0.1) is 0 Å². The number of ether oxygens (including phenoxy) is 1. The Hall–Kier alpha value is -1.36. The van der Waals surface area contributed by atoms with E-state index < -0.39 is 0 Å². The van der Waals surface area contributed by atoms with Crippen molar-refractivity contribution in [2.24, 2.45) is 0 Å². The maximum absolute atomic E-state index is 11.6. The van der Waals surface area contributed by atoms with Gasteiger partial charge in [-0.2, -0.15) is 0 Å². The van der Waals surface area contributed by atoms with Gasteiger partial charge in [-0.1, -0.05) is 6.92 Å². The molecule has 0 fully saturated rings. The molecule has 17 heavy (non-hydrogen) atoms. The number of imidazole rings is 1. The molecule has 1 atom stereocenters. The van der Waals surface area contributed by atoms with Crippen molar-refractivity contribution in [1.29, 1.82) is 0 Å². The highest BCUT2D eigenvalue weighted by molar-refractivity contribution is 5.75. The molecule has 0 saturated heterocycles. The number of esters is 1. The number of methoxy groups -OCH3 is 1. The third-order valence-corrected chi connectivity index (χ3v) is 2.71. The van der Waals surface area contributed by atoms with Gasteiger partial charge in [-0.3, -0.25) is 4.79 Å². The number of rotatable bonds is 7. The van der Waals surface area contributed by atoms with Crippen LogP contribution in [0, 0.1) is 6.92 Å². The molecule has 1 heterocycles. The van der Waals surface area contributed by atoms with E-state index in [9.17, 15) is 4.79 Å². The van der Waals surface area contributed by atoms with Gasteiger partial charge < -0.3 is 14.6 Å². The average Bonchev–Trinajstić information content (AvgIpc) is 2.74. The minimum absolute atomic E-state index is 0.198. The second-order valence-electron chi connectivity index (χ2n) is 3.99. The zero-order valence-electron chi connectivity index (χ0n) is 10.8. The Bertz CT molecular complexity index is 349. The molecule has 5 nitrogen and oxygen atoms in total. The Labute approximate surface area is 102 Å². The van der Waals surface area contributed by atoms with Crippen LogP contribution in [0.4, 0.5) is 0 Å². The zero-order valence-corrected chi connectivity index (χ0v) is 10.8. The molecule has 0 radical (unpaired) electrons. The molecule has 96 valence electrons. The molecule has 0 saturated carbocycles. The molecular formula is C12H21N3O2. The highest BCUT2D eigenvalue weighted by atomic mass is 16.5. The van der Waals surface area contributed by atoms with Crippen LogP contribution in [0.25, 0.3) is 0 Å². The van der Waals surface area contributed by atoms with Crippen LogP contribution in [-0.4, -0.2) is 35.2 Å². The van der Waals surface area contributed by atoms with Crippen molar-refractivity contribution in [2.75, 3.05) is 13.7 Å². The van der Waals surface area contributed by atoms with Gasteiger partial charge in [0.1, 0.15) is 11.9 Å². The first-order valence-electron chi connectivity index (χ1n) is 5.98. The molecular weight excluding hydrogens is 218 g/mol. The molecule has 1 unspecified atom stereocenters. The van der Waals surface area contributed by atoms with Crippen LogP contribution in [0.1, 0.15) is 25.6 Å². The van der Waals surface area contributed by atoms with Crippen LogP contribution in [0.2, 0.25) is 0 Å². The molecule has 0 aliphatic rings. The third kappa shape index (κ3) is 4.19. The number of nitrogens with one attached hydrogen (secondary N) is 1. The normalized spacial score (nSPS) is 12.4. The second-order valence-corrected chi connectivity index (χ2v) is 3.99. The molecule has 0 aliphatic carbocycles. The summed E-state index contributed by atoms with van der Waals surface area (Å²) in [6.07, 6.45) is 5.40. The first-order chi connectivity index (χ1) is 8.19. The fourth-order valence-corrected chi connectivity index (χ4v) is 1.67. The van der Waals surface area contributed by atoms with Gasteiger partial charge in [-0.25, -0.2) is 4.98 Å². The zero-order chi connectivity index (χ0) is 12.7. The number of carbonyl (C=O) groups excluding carboxylic acids is 1. The van der Waals surface area contributed by atoms with E-state index in [1.807, 2.05) is 17.7 Å². The molecule has 0 bridgehead atoms. The maximum atomic E-state index is 11.6. The second kappa shape index (κ2) is 7.06. The summed E-state index contributed by atoms with van der Waals surface area (Å²) in [6, 6.07) is -0.234. The fraction of sp³-hybridized carbons (Fsp3) is 0.667. The highest BCUT2D eigenvalue weighted by Crippen LogP contribution is 2.02. The molecule has 5 heteroatoms. The lowest BCUT2D eigenvalue weighted by molar-refractivity contribution is -0.143. The first-order valence-corrected chi connectivity index (χ1v) is 5.98. The first kappa shape index (κ1) is 13.7. The van der Waals surface area contributed by atoms with Gasteiger partial charge >= 0.3 is 5.97 Å². The molecule has 1 N–H and O–H groups in total. The number of hydrogen-bond donors (Lipinski definition) is 1. The summed E-state index contributed by atoms with van der Waals surface area (Å²) in [4.78, 5) is 15.7. The quantitative estimate of drug-likeness (QED) is 0.724. The van der Waals surface area contributed by atoms with E-state index in [4.69, 9.17) is 4.74 Å². The summed E-state index contributed by atoms with van der Waals surface area (Å²) >= 11 is 0. The summed E-state index contributed by atoms with van der Waals surface area (Å²) in [7, 11) is 1.42. The van der Waals surface area contributed by atoms with Gasteiger partial charge in [0.15, 0.2) is 0 Å². The van der Waals surface area contributed by atoms with Crippen molar-refractivity contribution in [2.45, 2.75) is 39.3 Å². The summed E-state index contributed by atoms with van der Waals surface area (Å²) < 4.78 is 6.81. The summed E-state index contributed by atoms with van der Waals surface area (Å²) in [5.74, 6) is 0.764. The molecule has 0 aliphatic heterocycles. The molecule has 0 aromatic carbocycles. The van der Waals surface area contributed by atoms with E-state index in [0.717, 1.165) is 25.3 Å². The lowest BCUT2D eigenvalue weighted by Crippen LogP contribution is -2.38. The predicted molar refractivity (Wildman–Crippen MR) is 65.7 cm³/mol. The minimum Gasteiger partial charge on any atom is -0.468 e. The van der Waals surface area contributed by atoms with E-state index in [1.54, 1.807) is 6.20 Å². The maximum Gasteiger partial charge on any atom is 0.322 e. The number of aryl methyl sites for hydroxylation is 2. The molecule has 0 amide bonds. The number of hydrogen-bond acceptors (Lipinski definition) is 4. The molecule has 1 aromatic rings. The Morgan fingerprint density at radius 2 is 2.41 bits per heavy atom. The van der Waals surface area contributed by atoms with Crippen LogP contribution in [0.5, 0.6) is 0 Å². The highest BCUT2D eigenvalue weighted by Gasteiger charge is 2.17. The third-order valence-electron chi connectivity index (χ3n) is 2.71. The largest absolute Gasteiger partial charge is 0.468 e. The van der Waals surface area contributed by atoms with E-state index in [2.05, 4.69) is 17.2 Å². The van der Waals surface area contributed by atoms with E-state index >= 15 is 0 Å².